The third-order valence-electron chi connectivity index (χ3n) is 3.58. The number of carbonyl (C=O) groups is 1. The smallest absolute Gasteiger partial charge is 0.251 e. The fraction of sp³-hybridized carbons (Fsp3) is 0.833. The molecule has 1 aliphatic rings. The molecule has 0 heterocycles. The molecule has 0 aliphatic heterocycles. The molecule has 6 heteroatoms. The summed E-state index contributed by atoms with van der Waals surface area (Å²) in [6.07, 6.45) is 4.73. The first-order chi connectivity index (χ1) is 8.47. The van der Waals surface area contributed by atoms with E-state index in [1.165, 1.54) is 0 Å². The molecule has 104 valence electrons. The normalized spacial score (nSPS) is 17.8. The first-order valence-electron chi connectivity index (χ1n) is 6.36. The van der Waals surface area contributed by atoms with Gasteiger partial charge in [-0.1, -0.05) is 39.5 Å². The van der Waals surface area contributed by atoms with Crippen molar-refractivity contribution in [2.45, 2.75) is 46.0 Å². The van der Waals surface area contributed by atoms with E-state index in [-0.39, 0.29) is 10.8 Å². The summed E-state index contributed by atoms with van der Waals surface area (Å²) in [5, 5.41) is 8.73. The van der Waals surface area contributed by atoms with Crippen molar-refractivity contribution in [1.29, 1.82) is 0 Å². The summed E-state index contributed by atoms with van der Waals surface area (Å²) in [6, 6.07) is 0. The Morgan fingerprint density at radius 2 is 1.89 bits per heavy atom. The van der Waals surface area contributed by atoms with Crippen LogP contribution in [0, 0.1) is 17.8 Å². The summed E-state index contributed by atoms with van der Waals surface area (Å²) in [5.74, 6) is -1.21. The summed E-state index contributed by atoms with van der Waals surface area (Å²) < 4.78 is 22.7. The van der Waals surface area contributed by atoms with Crippen LogP contribution in [0.4, 0.5) is 0 Å². The van der Waals surface area contributed by atoms with Crippen LogP contribution < -0.4 is 5.48 Å². The molecule has 2 N–H and O–H groups in total. The quantitative estimate of drug-likeness (QED) is 0.451. The lowest BCUT2D eigenvalue weighted by Gasteiger charge is -2.21. The van der Waals surface area contributed by atoms with Gasteiger partial charge < -0.3 is 0 Å². The van der Waals surface area contributed by atoms with Crippen molar-refractivity contribution in [3.05, 3.63) is 0 Å². The molecule has 0 aromatic carbocycles. The Labute approximate surface area is 109 Å². The summed E-state index contributed by atoms with van der Waals surface area (Å²) in [6.45, 7) is 3.56. The number of amides is 1. The molecule has 1 saturated carbocycles. The molecule has 0 saturated heterocycles. The van der Waals surface area contributed by atoms with Crippen LogP contribution in [0.5, 0.6) is 0 Å². The fourth-order valence-electron chi connectivity index (χ4n) is 2.69. The summed E-state index contributed by atoms with van der Waals surface area (Å²) in [4.78, 5) is 11.8. The Bertz CT molecular complexity index is 413. The second-order valence-corrected chi connectivity index (χ2v) is 6.25. The maximum Gasteiger partial charge on any atom is 0.251 e. The lowest BCUT2D eigenvalue weighted by atomic mass is 9.86. The van der Waals surface area contributed by atoms with Gasteiger partial charge in [-0.25, -0.2) is 5.48 Å². The van der Waals surface area contributed by atoms with Gasteiger partial charge in [0.05, 0.1) is 10.8 Å². The van der Waals surface area contributed by atoms with E-state index in [4.69, 9.17) is 5.21 Å². The monoisotopic (exact) mass is 275 g/mol. The molecule has 0 bridgehead atoms. The molecule has 1 atom stereocenters. The van der Waals surface area contributed by atoms with E-state index in [9.17, 15) is 13.2 Å². The lowest BCUT2D eigenvalue weighted by molar-refractivity contribution is -0.132. The van der Waals surface area contributed by atoms with Gasteiger partial charge in [-0.3, -0.25) is 10.0 Å². The minimum absolute atomic E-state index is 0.161. The lowest BCUT2D eigenvalue weighted by Crippen LogP contribution is -2.38. The highest BCUT2D eigenvalue weighted by Crippen LogP contribution is 2.30. The first kappa shape index (κ1) is 15.2. The number of hydrogen-bond donors (Lipinski definition) is 2. The van der Waals surface area contributed by atoms with Crippen LogP contribution in [0.1, 0.15) is 46.0 Å². The number of rotatable bonds is 5. The minimum Gasteiger partial charge on any atom is -0.289 e. The summed E-state index contributed by atoms with van der Waals surface area (Å²) >= 11 is 0. The van der Waals surface area contributed by atoms with E-state index < -0.39 is 22.1 Å². The zero-order valence-electron chi connectivity index (χ0n) is 10.8. The zero-order valence-corrected chi connectivity index (χ0v) is 11.7. The molecule has 0 aromatic rings. The van der Waals surface area contributed by atoms with Gasteiger partial charge in [-0.15, -0.1) is 0 Å². The van der Waals surface area contributed by atoms with Crippen molar-refractivity contribution in [1.82, 2.24) is 5.48 Å². The molecule has 0 spiro atoms. The Morgan fingerprint density at radius 1 is 1.33 bits per heavy atom. The summed E-state index contributed by atoms with van der Waals surface area (Å²) in [5.41, 5.74) is 1.57. The van der Waals surface area contributed by atoms with Gasteiger partial charge in [0, 0.05) is 0 Å². The first-order valence-corrected chi connectivity index (χ1v) is 7.43. The van der Waals surface area contributed by atoms with Crippen molar-refractivity contribution in [3.63, 3.8) is 0 Å². The average molecular weight is 275 g/mol. The largest absolute Gasteiger partial charge is 0.289 e. The molecule has 1 unspecified atom stereocenters. The van der Waals surface area contributed by atoms with Crippen LogP contribution in [0.25, 0.3) is 0 Å². The Morgan fingerprint density at radius 3 is 2.28 bits per heavy atom. The molecule has 1 fully saturated rings. The zero-order chi connectivity index (χ0) is 13.7. The summed E-state index contributed by atoms with van der Waals surface area (Å²) in [7, 11) is -2.38. The van der Waals surface area contributed by atoms with Crippen molar-refractivity contribution < 1.29 is 18.4 Å². The number of nitrogens with one attached hydrogen (secondary N) is 1. The van der Waals surface area contributed by atoms with Gasteiger partial charge in [-0.05, 0) is 18.3 Å². The fourth-order valence-corrected chi connectivity index (χ4v) is 3.65. The molecule has 1 aliphatic carbocycles. The van der Waals surface area contributed by atoms with Crippen molar-refractivity contribution in [2.75, 3.05) is 0 Å². The van der Waals surface area contributed by atoms with Crippen LogP contribution in [0.2, 0.25) is 0 Å². The Hall–Kier alpha value is -0.880. The molecule has 1 rings (SSSR count). The van der Waals surface area contributed by atoms with Gasteiger partial charge >= 0.3 is 0 Å². The molecule has 0 aromatic heterocycles. The maximum atomic E-state index is 11.6. The van der Waals surface area contributed by atoms with Crippen molar-refractivity contribution in [2.24, 2.45) is 17.8 Å². The number of carbonyl (C=O) groups excluding carboxylic acids is 1. The van der Waals surface area contributed by atoms with Gasteiger partial charge in [0.1, 0.15) is 0 Å². The Kier molecular flexibility index (Phi) is 5.81. The van der Waals surface area contributed by atoms with E-state index in [0.29, 0.717) is 12.3 Å². The standard InChI is InChI=1S/C12H21NO4S/c1-8(2)11(12(14)13-15)10(18(16)17)7-9-5-3-4-6-9/h8-9,11,15H,3-7H2,1-2H3,(H,13,14). The van der Waals surface area contributed by atoms with Gasteiger partial charge in [0.2, 0.25) is 10.3 Å². The van der Waals surface area contributed by atoms with Crippen LogP contribution in [0.15, 0.2) is 0 Å². The topological polar surface area (TPSA) is 83.5 Å². The van der Waals surface area contributed by atoms with E-state index in [0.717, 1.165) is 25.7 Å². The molecule has 0 radical (unpaired) electrons. The highest BCUT2D eigenvalue weighted by molar-refractivity contribution is 7.73. The van der Waals surface area contributed by atoms with Gasteiger partial charge in [-0.2, -0.15) is 8.42 Å². The second kappa shape index (κ2) is 6.89. The van der Waals surface area contributed by atoms with Gasteiger partial charge in [0.15, 0.2) is 0 Å². The van der Waals surface area contributed by atoms with Gasteiger partial charge in [0.25, 0.3) is 5.91 Å². The van der Waals surface area contributed by atoms with Crippen molar-refractivity contribution >= 4 is 21.1 Å². The SMILES string of the molecule is CC(C)C(C(=O)NO)C(CC1CCCC1)=S(=O)=O. The molecule has 18 heavy (non-hydrogen) atoms. The van der Waals surface area contributed by atoms with E-state index >= 15 is 0 Å². The molecule has 5 nitrogen and oxygen atoms in total. The van der Waals surface area contributed by atoms with Crippen LogP contribution in [0.3, 0.4) is 0 Å². The van der Waals surface area contributed by atoms with E-state index in [1.807, 2.05) is 0 Å². The average Bonchev–Trinajstić information content (AvgIpc) is 2.79. The highest BCUT2D eigenvalue weighted by Gasteiger charge is 2.31. The number of hydroxylamine groups is 1. The maximum absolute atomic E-state index is 11.6. The molecule has 1 amide bonds. The third kappa shape index (κ3) is 3.81. The Balaban J connectivity index is 2.95. The van der Waals surface area contributed by atoms with E-state index in [1.54, 1.807) is 19.3 Å². The van der Waals surface area contributed by atoms with Crippen molar-refractivity contribution in [3.8, 4) is 0 Å². The third-order valence-corrected chi connectivity index (χ3v) is 4.43. The number of hydrogen-bond acceptors (Lipinski definition) is 4. The molecular weight excluding hydrogens is 254 g/mol. The molecular formula is C12H21NO4S. The minimum atomic E-state index is -2.38. The predicted octanol–water partition coefficient (Wildman–Crippen LogP) is 1.40. The van der Waals surface area contributed by atoms with E-state index in [2.05, 4.69) is 0 Å². The predicted molar refractivity (Wildman–Crippen MR) is 68.8 cm³/mol. The van der Waals surface area contributed by atoms with Crippen LogP contribution >= 0.6 is 0 Å². The van der Waals surface area contributed by atoms with Crippen LogP contribution in [-0.2, 0) is 15.1 Å². The van der Waals surface area contributed by atoms with Crippen LogP contribution in [-0.4, -0.2) is 24.4 Å². The highest BCUT2D eigenvalue weighted by atomic mass is 32.2. The second-order valence-electron chi connectivity index (χ2n) is 5.25.